The van der Waals surface area contributed by atoms with Crippen molar-refractivity contribution in [2.24, 2.45) is 0 Å². The summed E-state index contributed by atoms with van der Waals surface area (Å²) in [6.07, 6.45) is -0.660. The summed E-state index contributed by atoms with van der Waals surface area (Å²) in [6, 6.07) is 5.87. The Morgan fingerprint density at radius 1 is 1.08 bits per heavy atom. The first-order valence-electron chi connectivity index (χ1n) is 8.78. The first-order chi connectivity index (χ1) is 12.2. The van der Waals surface area contributed by atoms with E-state index in [9.17, 15) is 9.59 Å². The third-order valence-corrected chi connectivity index (χ3v) is 4.59. The van der Waals surface area contributed by atoms with Gasteiger partial charge in [0, 0.05) is 17.8 Å². The summed E-state index contributed by atoms with van der Waals surface area (Å²) < 4.78 is 12.6. The van der Waals surface area contributed by atoms with Crippen molar-refractivity contribution in [3.8, 4) is 5.75 Å². The van der Waals surface area contributed by atoms with Crippen LogP contribution in [0.5, 0.6) is 5.75 Å². The van der Waals surface area contributed by atoms with Crippen LogP contribution in [0.2, 0.25) is 0 Å². The molecular formula is C21H27NO4. The number of methoxy groups -OCH3 is 1. The van der Waals surface area contributed by atoms with Crippen LogP contribution in [0.1, 0.15) is 57.1 Å². The van der Waals surface area contributed by atoms with Gasteiger partial charge in [0.25, 0.3) is 0 Å². The highest BCUT2D eigenvalue weighted by Gasteiger charge is 2.29. The summed E-state index contributed by atoms with van der Waals surface area (Å²) >= 11 is 0. The first-order valence-corrected chi connectivity index (χ1v) is 8.78. The van der Waals surface area contributed by atoms with E-state index in [0.717, 1.165) is 16.8 Å². The van der Waals surface area contributed by atoms with Crippen LogP contribution in [0.4, 0.5) is 0 Å². The van der Waals surface area contributed by atoms with Crippen molar-refractivity contribution in [2.45, 2.75) is 54.2 Å². The average molecular weight is 357 g/mol. The fraction of sp³-hybridized carbons (Fsp3) is 0.429. The largest absolute Gasteiger partial charge is 0.483 e. The fourth-order valence-electron chi connectivity index (χ4n) is 3.48. The van der Waals surface area contributed by atoms with Crippen LogP contribution >= 0.6 is 0 Å². The zero-order valence-corrected chi connectivity index (χ0v) is 16.6. The smallest absolute Gasteiger partial charge is 0.354 e. The molecule has 0 N–H and O–H groups in total. The normalized spacial score (nSPS) is 12.0. The van der Waals surface area contributed by atoms with Crippen molar-refractivity contribution in [3.05, 3.63) is 51.8 Å². The number of esters is 1. The van der Waals surface area contributed by atoms with Gasteiger partial charge in [-0.1, -0.05) is 6.07 Å². The number of carbonyl (C=O) groups excluding carboxylic acids is 2. The number of aromatic nitrogens is 1. The maximum atomic E-state index is 13.1. The number of aryl methyl sites for hydroxylation is 2. The molecule has 0 aliphatic rings. The molecule has 5 nitrogen and oxygen atoms in total. The van der Waals surface area contributed by atoms with Crippen molar-refractivity contribution in [1.29, 1.82) is 0 Å². The van der Waals surface area contributed by atoms with Gasteiger partial charge in [-0.05, 0) is 70.4 Å². The Bertz CT molecular complexity index is 828. The quantitative estimate of drug-likeness (QED) is 0.575. The summed E-state index contributed by atoms with van der Waals surface area (Å²) in [4.78, 5) is 25.2. The van der Waals surface area contributed by atoms with Crippen LogP contribution in [0.25, 0.3) is 0 Å². The van der Waals surface area contributed by atoms with Crippen molar-refractivity contribution in [1.82, 2.24) is 4.57 Å². The van der Waals surface area contributed by atoms with Gasteiger partial charge < -0.3 is 14.0 Å². The van der Waals surface area contributed by atoms with E-state index in [2.05, 4.69) is 6.07 Å². The van der Waals surface area contributed by atoms with Gasteiger partial charge in [0.15, 0.2) is 6.10 Å². The average Bonchev–Trinajstić information content (AvgIpc) is 2.82. The Morgan fingerprint density at radius 3 is 2.15 bits per heavy atom. The van der Waals surface area contributed by atoms with E-state index in [0.29, 0.717) is 29.1 Å². The Hall–Kier alpha value is -2.56. The molecule has 2 aromatic rings. The zero-order valence-electron chi connectivity index (χ0n) is 16.6. The lowest BCUT2D eigenvalue weighted by atomic mass is 10.0. The van der Waals surface area contributed by atoms with E-state index in [1.165, 1.54) is 7.11 Å². The highest BCUT2D eigenvalue weighted by molar-refractivity contribution is 6.05. The van der Waals surface area contributed by atoms with E-state index >= 15 is 0 Å². The lowest BCUT2D eigenvalue weighted by Gasteiger charge is -2.15. The van der Waals surface area contributed by atoms with Crippen LogP contribution < -0.4 is 4.74 Å². The Balaban J connectivity index is 2.39. The number of Topliss-reactive ketones (excluding diaryl/α,β-unsaturated/α-hetero) is 1. The molecular weight excluding hydrogens is 330 g/mol. The molecule has 1 heterocycles. The molecule has 1 aromatic carbocycles. The second kappa shape index (κ2) is 7.77. The number of hydrogen-bond acceptors (Lipinski definition) is 4. The third-order valence-electron chi connectivity index (χ3n) is 4.59. The standard InChI is InChI=1S/C21H27NO4/c1-8-22-15(5)18(14(4)19(22)21(24)25-7)20(23)16(6)26-17-10-12(2)9-13(3)11-17/h9-11,16H,8H2,1-7H3. The van der Waals surface area contributed by atoms with Gasteiger partial charge in [-0.25, -0.2) is 4.79 Å². The van der Waals surface area contributed by atoms with Crippen molar-refractivity contribution >= 4 is 11.8 Å². The molecule has 1 unspecified atom stereocenters. The monoisotopic (exact) mass is 357 g/mol. The number of hydrogen-bond donors (Lipinski definition) is 0. The topological polar surface area (TPSA) is 57.5 Å². The molecule has 1 atom stereocenters. The van der Waals surface area contributed by atoms with Crippen LogP contribution in [-0.2, 0) is 11.3 Å². The molecule has 140 valence electrons. The molecule has 0 bridgehead atoms. The van der Waals surface area contributed by atoms with E-state index < -0.39 is 12.1 Å². The Morgan fingerprint density at radius 2 is 1.65 bits per heavy atom. The molecule has 1 aromatic heterocycles. The van der Waals surface area contributed by atoms with Crippen LogP contribution in [-0.4, -0.2) is 29.5 Å². The Kier molecular flexibility index (Phi) is 5.90. The van der Waals surface area contributed by atoms with Gasteiger partial charge in [-0.15, -0.1) is 0 Å². The van der Waals surface area contributed by atoms with Gasteiger partial charge in [-0.3, -0.25) is 4.79 Å². The maximum absolute atomic E-state index is 13.1. The predicted octanol–water partition coefficient (Wildman–Crippen LogP) is 4.18. The van der Waals surface area contributed by atoms with Crippen molar-refractivity contribution in [2.75, 3.05) is 7.11 Å². The van der Waals surface area contributed by atoms with Crippen LogP contribution in [0.15, 0.2) is 18.2 Å². The summed E-state index contributed by atoms with van der Waals surface area (Å²) in [6.45, 7) is 11.9. The van der Waals surface area contributed by atoms with E-state index in [-0.39, 0.29) is 5.78 Å². The van der Waals surface area contributed by atoms with E-state index in [1.54, 1.807) is 13.8 Å². The van der Waals surface area contributed by atoms with Crippen LogP contribution in [0.3, 0.4) is 0 Å². The van der Waals surface area contributed by atoms with Crippen molar-refractivity contribution in [3.63, 3.8) is 0 Å². The Labute approximate surface area is 154 Å². The van der Waals surface area contributed by atoms with Gasteiger partial charge in [0.2, 0.25) is 5.78 Å². The maximum Gasteiger partial charge on any atom is 0.354 e. The minimum atomic E-state index is -0.660. The summed E-state index contributed by atoms with van der Waals surface area (Å²) in [5.74, 6) is 0.0904. The molecule has 0 fully saturated rings. The molecule has 0 radical (unpaired) electrons. The number of benzene rings is 1. The zero-order chi connectivity index (χ0) is 19.6. The fourth-order valence-corrected chi connectivity index (χ4v) is 3.48. The molecule has 5 heteroatoms. The second-order valence-electron chi connectivity index (χ2n) is 6.62. The minimum absolute atomic E-state index is 0.142. The summed E-state index contributed by atoms with van der Waals surface area (Å²) in [5, 5.41) is 0. The van der Waals surface area contributed by atoms with Crippen molar-refractivity contribution < 1.29 is 19.1 Å². The molecule has 0 aliphatic heterocycles. The van der Waals surface area contributed by atoms with E-state index in [4.69, 9.17) is 9.47 Å². The number of ketones is 1. The first kappa shape index (κ1) is 19.8. The molecule has 2 rings (SSSR count). The molecule has 0 spiro atoms. The van der Waals surface area contributed by atoms with Gasteiger partial charge in [0.05, 0.1) is 7.11 Å². The van der Waals surface area contributed by atoms with Gasteiger partial charge in [0.1, 0.15) is 11.4 Å². The number of carbonyl (C=O) groups is 2. The van der Waals surface area contributed by atoms with Crippen LogP contribution in [0, 0.1) is 27.7 Å². The predicted molar refractivity (Wildman–Crippen MR) is 101 cm³/mol. The minimum Gasteiger partial charge on any atom is -0.483 e. The lowest BCUT2D eigenvalue weighted by molar-refractivity contribution is 0.0587. The molecule has 0 saturated heterocycles. The number of ether oxygens (including phenoxy) is 2. The SMILES string of the molecule is CCn1c(C)c(C(=O)C(C)Oc2cc(C)cc(C)c2)c(C)c1C(=O)OC. The van der Waals surface area contributed by atoms with Gasteiger partial charge in [-0.2, -0.15) is 0 Å². The molecule has 0 saturated carbocycles. The summed E-state index contributed by atoms with van der Waals surface area (Å²) in [5.41, 5.74) is 4.51. The highest BCUT2D eigenvalue weighted by Crippen LogP contribution is 2.26. The third kappa shape index (κ3) is 3.66. The number of nitrogens with zero attached hydrogens (tertiary/aromatic N) is 1. The van der Waals surface area contributed by atoms with E-state index in [1.807, 2.05) is 44.4 Å². The molecule has 0 aliphatic carbocycles. The summed E-state index contributed by atoms with van der Waals surface area (Å²) in [7, 11) is 1.34. The lowest BCUT2D eigenvalue weighted by Crippen LogP contribution is -2.25. The molecule has 0 amide bonds. The highest BCUT2D eigenvalue weighted by atomic mass is 16.5. The van der Waals surface area contributed by atoms with Gasteiger partial charge >= 0.3 is 5.97 Å². The molecule has 26 heavy (non-hydrogen) atoms. The second-order valence-corrected chi connectivity index (χ2v) is 6.62. The number of rotatable bonds is 6.